The summed E-state index contributed by atoms with van der Waals surface area (Å²) in [6, 6.07) is 4.68. The summed E-state index contributed by atoms with van der Waals surface area (Å²) in [5.41, 5.74) is -1.83. The molecule has 22 heavy (non-hydrogen) atoms. The third-order valence-electron chi connectivity index (χ3n) is 2.92. The molecule has 122 valence electrons. The third-order valence-corrected chi connectivity index (χ3v) is 2.92. The summed E-state index contributed by atoms with van der Waals surface area (Å²) >= 11 is 0. The topological polar surface area (TPSA) is 194 Å². The zero-order valence-corrected chi connectivity index (χ0v) is 10.7. The molecule has 0 saturated heterocycles. The van der Waals surface area contributed by atoms with Crippen molar-refractivity contribution in [3.63, 3.8) is 0 Å². The molecule has 1 heterocycles. The maximum atomic E-state index is 11.4. The zero-order chi connectivity index (χ0) is 16.9. The molecule has 0 fully saturated rings. The molecule has 6 N–H and O–H groups in total. The highest BCUT2D eigenvalue weighted by atomic mass is 17.1. The fourth-order valence-electron chi connectivity index (χ4n) is 2.12. The summed E-state index contributed by atoms with van der Waals surface area (Å²) in [4.78, 5) is -6.31. The van der Waals surface area contributed by atoms with Crippen molar-refractivity contribution in [2.24, 2.45) is 0 Å². The molecular weight excluding hydrogens is 308 g/mol. The van der Waals surface area contributed by atoms with E-state index in [9.17, 15) is 15.6 Å². The lowest BCUT2D eigenvalue weighted by molar-refractivity contribution is -1.27. The molecule has 0 aromatic heterocycles. The van der Waals surface area contributed by atoms with E-state index in [4.69, 9.17) is 31.2 Å². The van der Waals surface area contributed by atoms with E-state index in [0.717, 1.165) is 12.1 Å². The standard InChI is InChI=1S/C9H12N4O9/c14-11(15,16)8-5-9(12(17,18)19)10(13(20,21)22)7-4-2-1-3-6(7)8/h1-5,9,14-15,17-18,20-21H. The second kappa shape index (κ2) is 4.89. The van der Waals surface area contributed by atoms with E-state index in [2.05, 4.69) is 0 Å². The first-order valence-corrected chi connectivity index (χ1v) is 5.61. The van der Waals surface area contributed by atoms with Crippen LogP contribution in [-0.4, -0.2) is 52.4 Å². The van der Waals surface area contributed by atoms with Crippen molar-refractivity contribution < 1.29 is 46.3 Å². The maximum Gasteiger partial charge on any atom is 0.300 e. The quantitative estimate of drug-likeness (QED) is 0.334. The molecule has 0 amide bonds. The molecule has 1 aromatic rings. The van der Waals surface area contributed by atoms with Gasteiger partial charge in [0.15, 0.2) is 0 Å². The van der Waals surface area contributed by atoms with Crippen LogP contribution in [-0.2, 0) is 0 Å². The highest BCUT2D eigenvalue weighted by Gasteiger charge is 2.50. The van der Waals surface area contributed by atoms with E-state index in [0.29, 0.717) is 6.08 Å². The molecule has 13 nitrogen and oxygen atoms in total. The Kier molecular flexibility index (Phi) is 3.70. The van der Waals surface area contributed by atoms with Gasteiger partial charge in [0.1, 0.15) is 5.69 Å². The van der Waals surface area contributed by atoms with Gasteiger partial charge in [-0.3, -0.25) is 0 Å². The van der Waals surface area contributed by atoms with Gasteiger partial charge in [-0.25, -0.2) is 0 Å². The number of hydrogen-bond acceptors (Lipinski definition) is 10. The lowest BCUT2D eigenvalue weighted by atomic mass is 10.0. The predicted octanol–water partition coefficient (Wildman–Crippen LogP) is 0.368. The smallest absolute Gasteiger partial charge is 0.300 e. The largest absolute Gasteiger partial charge is 0.562 e. The third kappa shape index (κ3) is 2.91. The summed E-state index contributed by atoms with van der Waals surface area (Å²) in [6.07, 6.45) is -2.18. The van der Waals surface area contributed by atoms with Crippen LogP contribution in [0.3, 0.4) is 0 Å². The molecule has 13 heteroatoms. The van der Waals surface area contributed by atoms with E-state index < -0.39 is 32.6 Å². The van der Waals surface area contributed by atoms with Crippen molar-refractivity contribution in [3.8, 4) is 0 Å². The second-order valence-corrected chi connectivity index (χ2v) is 4.47. The number of hydroxylamine groups is 6. The van der Waals surface area contributed by atoms with Gasteiger partial charge in [0, 0.05) is 5.08 Å². The van der Waals surface area contributed by atoms with E-state index in [1.165, 1.54) is 12.1 Å². The lowest BCUT2D eigenvalue weighted by Gasteiger charge is -2.45. The van der Waals surface area contributed by atoms with Gasteiger partial charge < -0.3 is 15.6 Å². The minimum Gasteiger partial charge on any atom is -0.562 e. The van der Waals surface area contributed by atoms with Gasteiger partial charge in [-0.05, 0) is 22.1 Å². The molecule has 0 bridgehead atoms. The van der Waals surface area contributed by atoms with Gasteiger partial charge in [0.2, 0.25) is 5.70 Å². The van der Waals surface area contributed by atoms with Crippen LogP contribution >= 0.6 is 0 Å². The van der Waals surface area contributed by atoms with Gasteiger partial charge in [0.05, 0.1) is 11.6 Å². The number of quaternary nitrogens is 3. The number of benzene rings is 1. The minimum absolute atomic E-state index is 0.110. The monoisotopic (exact) mass is 320 g/mol. The summed E-state index contributed by atoms with van der Waals surface area (Å²) in [5.74, 6) is 0. The highest BCUT2D eigenvalue weighted by molar-refractivity contribution is 5.75. The van der Waals surface area contributed by atoms with Gasteiger partial charge >= 0.3 is 0 Å². The highest BCUT2D eigenvalue weighted by Crippen LogP contribution is 2.40. The van der Waals surface area contributed by atoms with Crippen LogP contribution < -0.4 is 5.01 Å². The molecule has 0 saturated carbocycles. The molecule has 0 spiro atoms. The van der Waals surface area contributed by atoms with Gasteiger partial charge in [-0.2, -0.15) is 31.2 Å². The van der Waals surface area contributed by atoms with Crippen molar-refractivity contribution in [1.82, 2.24) is 0 Å². The van der Waals surface area contributed by atoms with Crippen molar-refractivity contribution in [2.45, 2.75) is 6.17 Å². The van der Waals surface area contributed by atoms with Crippen LogP contribution in [0.2, 0.25) is 0 Å². The van der Waals surface area contributed by atoms with Crippen LogP contribution in [0.1, 0.15) is 5.56 Å². The molecule has 1 atom stereocenters. The maximum absolute atomic E-state index is 11.4. The SMILES string of the molecule is [O-][N+](O)(O)C1=CC([N+]([O-])(O)O)N([N+]([O-])(O)O)c2ccccc21. The molecule has 1 aromatic carbocycles. The Hall–Kier alpha value is -1.72. The number of para-hydroxylation sites is 1. The number of anilines is 1. The van der Waals surface area contributed by atoms with Crippen LogP contribution in [0.5, 0.6) is 0 Å². The van der Waals surface area contributed by atoms with Crippen LogP contribution in [0, 0.1) is 15.6 Å². The van der Waals surface area contributed by atoms with E-state index in [1.54, 1.807) is 0 Å². The van der Waals surface area contributed by atoms with E-state index in [1.807, 2.05) is 0 Å². The summed E-state index contributed by atoms with van der Waals surface area (Å²) in [7, 11) is 0. The number of fused-ring (bicyclic) bond motifs is 1. The molecule has 1 unspecified atom stereocenters. The Balaban J connectivity index is 2.75. The molecule has 1 aliphatic rings. The number of hydrogen-bond donors (Lipinski definition) is 6. The van der Waals surface area contributed by atoms with Crippen molar-refractivity contribution >= 4 is 11.4 Å². The average Bonchev–Trinajstić information content (AvgIpc) is 2.33. The fraction of sp³-hybridized carbons (Fsp3) is 0.111. The Morgan fingerprint density at radius 1 is 0.909 bits per heavy atom. The average molecular weight is 320 g/mol. The Bertz CT molecular complexity index is 600. The van der Waals surface area contributed by atoms with E-state index >= 15 is 0 Å². The lowest BCUT2D eigenvalue weighted by Crippen LogP contribution is -2.66. The van der Waals surface area contributed by atoms with Crippen molar-refractivity contribution in [3.05, 3.63) is 51.5 Å². The second-order valence-electron chi connectivity index (χ2n) is 4.47. The molecule has 0 radical (unpaired) electrons. The first-order valence-electron chi connectivity index (χ1n) is 5.61. The number of rotatable bonds is 3. The molecule has 0 aliphatic carbocycles. The van der Waals surface area contributed by atoms with Crippen LogP contribution in [0.15, 0.2) is 30.3 Å². The van der Waals surface area contributed by atoms with Crippen molar-refractivity contribution in [2.75, 3.05) is 5.01 Å². The normalized spacial score (nSPS) is 19.8. The Morgan fingerprint density at radius 3 is 1.91 bits per heavy atom. The first kappa shape index (κ1) is 16.6. The zero-order valence-electron chi connectivity index (χ0n) is 10.7. The van der Waals surface area contributed by atoms with E-state index in [-0.39, 0.29) is 10.6 Å². The summed E-state index contributed by atoms with van der Waals surface area (Å²) in [6.45, 7) is 0. The van der Waals surface area contributed by atoms with Gasteiger partial charge in [0.25, 0.3) is 6.17 Å². The number of nitrogens with zero attached hydrogens (tertiary/aromatic N) is 4. The minimum atomic E-state index is -3.26. The predicted molar refractivity (Wildman–Crippen MR) is 62.3 cm³/mol. The van der Waals surface area contributed by atoms with Crippen LogP contribution in [0.25, 0.3) is 5.70 Å². The Labute approximate surface area is 121 Å². The van der Waals surface area contributed by atoms with Crippen molar-refractivity contribution in [1.29, 1.82) is 0 Å². The summed E-state index contributed by atoms with van der Waals surface area (Å²) < 4.78 is 0. The van der Waals surface area contributed by atoms with Crippen LogP contribution in [0.4, 0.5) is 5.69 Å². The fourth-order valence-corrected chi connectivity index (χ4v) is 2.12. The van der Waals surface area contributed by atoms with Gasteiger partial charge in [-0.1, -0.05) is 17.1 Å². The first-order chi connectivity index (χ1) is 9.83. The molecule has 2 rings (SSSR count). The molecule has 1 aliphatic heterocycles. The van der Waals surface area contributed by atoms with Gasteiger partial charge in [-0.15, -0.1) is 0 Å². The Morgan fingerprint density at radius 2 is 1.45 bits per heavy atom. The summed E-state index contributed by atoms with van der Waals surface area (Å²) in [5, 5.41) is 85.5. The molecular formula is C9H12N4O9.